The zero-order valence-corrected chi connectivity index (χ0v) is 43.3. The molecule has 0 aliphatic heterocycles. The summed E-state index contributed by atoms with van der Waals surface area (Å²) in [4.78, 5) is 37.8. The minimum atomic E-state index is -0.771. The molecule has 0 aliphatic carbocycles. The van der Waals surface area contributed by atoms with Crippen LogP contribution in [0.2, 0.25) is 0 Å². The molecule has 0 amide bonds. The maximum atomic E-state index is 12.7. The first-order chi connectivity index (χ1) is 32.0. The predicted octanol–water partition coefficient (Wildman–Crippen LogP) is 18.7. The van der Waals surface area contributed by atoms with Gasteiger partial charge in [-0.15, -0.1) is 0 Å². The molecule has 0 radical (unpaired) electrons. The van der Waals surface area contributed by atoms with E-state index in [2.05, 4.69) is 69.4 Å². The molecule has 0 bridgehead atoms. The van der Waals surface area contributed by atoms with E-state index in [0.717, 1.165) is 83.5 Å². The molecule has 0 aromatic carbocycles. The molecule has 0 fully saturated rings. The van der Waals surface area contributed by atoms with Crippen LogP contribution in [0.25, 0.3) is 0 Å². The van der Waals surface area contributed by atoms with Gasteiger partial charge in [0.05, 0.1) is 0 Å². The van der Waals surface area contributed by atoms with Gasteiger partial charge in [0, 0.05) is 19.3 Å². The Morgan fingerprint density at radius 1 is 0.308 bits per heavy atom. The van der Waals surface area contributed by atoms with E-state index in [-0.39, 0.29) is 31.1 Å². The number of allylic oxidation sites excluding steroid dienone is 8. The van der Waals surface area contributed by atoms with E-state index in [1.165, 1.54) is 167 Å². The zero-order valence-electron chi connectivity index (χ0n) is 43.3. The topological polar surface area (TPSA) is 78.9 Å². The van der Waals surface area contributed by atoms with Crippen molar-refractivity contribution in [2.75, 3.05) is 13.2 Å². The standard InChI is InChI=1S/C59H106O6/c1-4-7-10-13-16-18-20-21-22-23-24-25-26-27-28-29-30-31-32-33-34-35-36-37-39-40-43-46-49-52-58(61)64-55-56(54-63-57(60)51-48-45-42-15-12-9-6-3)65-59(62)53-50-47-44-41-38-19-17-14-11-8-5-2/h14,17,20-21,23-24,26-27,56H,4-13,15-16,18-19,22,25,28-55H2,1-3H3/b17-14-,21-20-,24-23-,27-26-. The number of hydrogen-bond donors (Lipinski definition) is 0. The smallest absolute Gasteiger partial charge is 0.306 e. The highest BCUT2D eigenvalue weighted by molar-refractivity contribution is 5.71. The molecular weight excluding hydrogens is 805 g/mol. The lowest BCUT2D eigenvalue weighted by Gasteiger charge is -2.18. The van der Waals surface area contributed by atoms with Crippen molar-refractivity contribution in [3.63, 3.8) is 0 Å². The molecule has 0 saturated carbocycles. The third-order valence-electron chi connectivity index (χ3n) is 12.3. The third-order valence-corrected chi connectivity index (χ3v) is 12.3. The fourth-order valence-corrected chi connectivity index (χ4v) is 8.02. The summed E-state index contributed by atoms with van der Waals surface area (Å²) < 4.78 is 16.7. The fourth-order valence-electron chi connectivity index (χ4n) is 8.02. The minimum Gasteiger partial charge on any atom is -0.462 e. The van der Waals surface area contributed by atoms with Crippen LogP contribution in [0, 0.1) is 0 Å². The van der Waals surface area contributed by atoms with Gasteiger partial charge in [-0.25, -0.2) is 0 Å². The average molecular weight is 911 g/mol. The molecule has 0 aromatic rings. The Labute approximate surface area is 403 Å². The number of carbonyl (C=O) groups is 3. The Bertz CT molecular complexity index is 1140. The van der Waals surface area contributed by atoms with Crippen molar-refractivity contribution in [1.29, 1.82) is 0 Å². The Hall–Kier alpha value is -2.63. The number of rotatable bonds is 51. The average Bonchev–Trinajstić information content (AvgIpc) is 3.30. The van der Waals surface area contributed by atoms with Crippen LogP contribution in [0.3, 0.4) is 0 Å². The Morgan fingerprint density at radius 3 is 0.923 bits per heavy atom. The second kappa shape index (κ2) is 54.0. The van der Waals surface area contributed by atoms with Crippen LogP contribution in [0.15, 0.2) is 48.6 Å². The molecule has 0 saturated heterocycles. The normalized spacial score (nSPS) is 12.4. The molecule has 0 rings (SSSR count). The van der Waals surface area contributed by atoms with Crippen LogP contribution in [-0.2, 0) is 28.6 Å². The lowest BCUT2D eigenvalue weighted by Crippen LogP contribution is -2.30. The largest absolute Gasteiger partial charge is 0.462 e. The number of unbranched alkanes of at least 4 members (excludes halogenated alkanes) is 32. The van der Waals surface area contributed by atoms with Gasteiger partial charge in [0.15, 0.2) is 6.10 Å². The minimum absolute atomic E-state index is 0.0745. The molecule has 378 valence electrons. The van der Waals surface area contributed by atoms with E-state index in [1.54, 1.807) is 0 Å². The Kier molecular flexibility index (Phi) is 51.8. The van der Waals surface area contributed by atoms with Crippen molar-refractivity contribution in [2.45, 2.75) is 297 Å². The summed E-state index contributed by atoms with van der Waals surface area (Å²) in [6.07, 6.45) is 65.7. The first-order valence-electron chi connectivity index (χ1n) is 28.1. The quantitative estimate of drug-likeness (QED) is 0.0262. The van der Waals surface area contributed by atoms with Gasteiger partial charge in [-0.05, 0) is 77.0 Å². The summed E-state index contributed by atoms with van der Waals surface area (Å²) in [5.41, 5.74) is 0. The first kappa shape index (κ1) is 62.4. The summed E-state index contributed by atoms with van der Waals surface area (Å²) in [6.45, 7) is 6.55. The van der Waals surface area contributed by atoms with E-state index in [4.69, 9.17) is 14.2 Å². The molecule has 0 aromatic heterocycles. The lowest BCUT2D eigenvalue weighted by molar-refractivity contribution is -0.167. The van der Waals surface area contributed by atoms with E-state index in [0.29, 0.717) is 19.3 Å². The summed E-state index contributed by atoms with van der Waals surface area (Å²) in [7, 11) is 0. The molecule has 0 N–H and O–H groups in total. The van der Waals surface area contributed by atoms with Crippen molar-refractivity contribution in [3.8, 4) is 0 Å². The molecule has 0 spiro atoms. The molecular formula is C59H106O6. The Morgan fingerprint density at radius 2 is 0.569 bits per heavy atom. The number of carbonyl (C=O) groups excluding carboxylic acids is 3. The third kappa shape index (κ3) is 52.2. The first-order valence-corrected chi connectivity index (χ1v) is 28.1. The van der Waals surface area contributed by atoms with E-state index in [9.17, 15) is 14.4 Å². The highest BCUT2D eigenvalue weighted by Gasteiger charge is 2.19. The maximum absolute atomic E-state index is 12.7. The Balaban J connectivity index is 4.02. The van der Waals surface area contributed by atoms with Gasteiger partial charge in [0.25, 0.3) is 0 Å². The van der Waals surface area contributed by atoms with E-state index < -0.39 is 6.10 Å². The lowest BCUT2D eigenvalue weighted by atomic mass is 10.0. The molecule has 6 heteroatoms. The van der Waals surface area contributed by atoms with Crippen molar-refractivity contribution >= 4 is 17.9 Å². The molecule has 6 nitrogen and oxygen atoms in total. The van der Waals surface area contributed by atoms with Gasteiger partial charge >= 0.3 is 17.9 Å². The van der Waals surface area contributed by atoms with E-state index >= 15 is 0 Å². The van der Waals surface area contributed by atoms with Gasteiger partial charge in [-0.1, -0.05) is 243 Å². The van der Waals surface area contributed by atoms with Crippen LogP contribution in [0.4, 0.5) is 0 Å². The van der Waals surface area contributed by atoms with E-state index in [1.807, 2.05) is 0 Å². The molecule has 0 aliphatic rings. The molecule has 1 atom stereocenters. The maximum Gasteiger partial charge on any atom is 0.306 e. The van der Waals surface area contributed by atoms with Crippen molar-refractivity contribution in [1.82, 2.24) is 0 Å². The van der Waals surface area contributed by atoms with Gasteiger partial charge in [0.1, 0.15) is 13.2 Å². The van der Waals surface area contributed by atoms with Crippen LogP contribution < -0.4 is 0 Å². The second-order valence-electron chi connectivity index (χ2n) is 18.8. The van der Waals surface area contributed by atoms with Gasteiger partial charge in [0.2, 0.25) is 0 Å². The second-order valence-corrected chi connectivity index (χ2v) is 18.8. The summed E-state index contributed by atoms with van der Waals surface area (Å²) in [6, 6.07) is 0. The van der Waals surface area contributed by atoms with Crippen LogP contribution in [0.1, 0.15) is 290 Å². The fraction of sp³-hybridized carbons (Fsp3) is 0.814. The van der Waals surface area contributed by atoms with Crippen LogP contribution in [-0.4, -0.2) is 37.2 Å². The molecule has 1 unspecified atom stereocenters. The van der Waals surface area contributed by atoms with Crippen molar-refractivity contribution < 1.29 is 28.6 Å². The number of ether oxygens (including phenoxy) is 3. The van der Waals surface area contributed by atoms with Gasteiger partial charge < -0.3 is 14.2 Å². The highest BCUT2D eigenvalue weighted by atomic mass is 16.6. The van der Waals surface area contributed by atoms with Gasteiger partial charge in [-0.2, -0.15) is 0 Å². The summed E-state index contributed by atoms with van der Waals surface area (Å²) in [5, 5.41) is 0. The predicted molar refractivity (Wildman–Crippen MR) is 279 cm³/mol. The summed E-state index contributed by atoms with van der Waals surface area (Å²) >= 11 is 0. The van der Waals surface area contributed by atoms with Crippen molar-refractivity contribution in [2.24, 2.45) is 0 Å². The molecule has 0 heterocycles. The monoisotopic (exact) mass is 911 g/mol. The zero-order chi connectivity index (χ0) is 47.2. The van der Waals surface area contributed by atoms with Crippen LogP contribution in [0.5, 0.6) is 0 Å². The molecule has 65 heavy (non-hydrogen) atoms. The highest BCUT2D eigenvalue weighted by Crippen LogP contribution is 2.16. The number of hydrogen-bond acceptors (Lipinski definition) is 6. The SMILES string of the molecule is CCCC/C=C\CCCCCCCC(=O)OC(COC(=O)CCCCCCCCC)COC(=O)CCCCCCCCCCCCCCCC/C=C\C/C=C\C/C=C\CCCCCCC. The summed E-state index contributed by atoms with van der Waals surface area (Å²) in [5.74, 6) is -0.884. The van der Waals surface area contributed by atoms with Gasteiger partial charge in [-0.3, -0.25) is 14.4 Å². The van der Waals surface area contributed by atoms with Crippen molar-refractivity contribution in [3.05, 3.63) is 48.6 Å². The number of esters is 3. The van der Waals surface area contributed by atoms with Crippen LogP contribution >= 0.6 is 0 Å².